The molecule has 2 aromatic heterocycles. The number of nitrogens with zero attached hydrogens (tertiary/aromatic N) is 2. The van der Waals surface area contributed by atoms with E-state index in [2.05, 4.69) is 15.3 Å². The molecule has 108 valence electrons. The molecule has 0 unspecified atom stereocenters. The second kappa shape index (κ2) is 7.57. The van der Waals surface area contributed by atoms with Crippen molar-refractivity contribution in [2.24, 2.45) is 0 Å². The predicted octanol–water partition coefficient (Wildman–Crippen LogP) is 3.23. The summed E-state index contributed by atoms with van der Waals surface area (Å²) in [4.78, 5) is 9.90. The molecule has 0 aliphatic carbocycles. The molecule has 0 radical (unpaired) electrons. The summed E-state index contributed by atoms with van der Waals surface area (Å²) in [6, 6.07) is 3.63. The second-order valence-corrected chi connectivity index (χ2v) is 5.66. The van der Waals surface area contributed by atoms with Gasteiger partial charge in [0, 0.05) is 23.9 Å². The Hall–Kier alpha value is -1.17. The fourth-order valence-corrected chi connectivity index (χ4v) is 2.66. The maximum absolute atomic E-state index is 6.10. The number of hydrogen-bond acceptors (Lipinski definition) is 5. The fraction of sp³-hybridized carbons (Fsp3) is 0.429. The zero-order chi connectivity index (χ0) is 14.4. The molecule has 0 saturated heterocycles. The number of rotatable bonds is 7. The van der Waals surface area contributed by atoms with Crippen LogP contribution in [0.25, 0.3) is 0 Å². The SMILES string of the molecule is CCNCc1nc(OCCc2scnc2C)ccc1Cl. The zero-order valence-electron chi connectivity index (χ0n) is 11.6. The van der Waals surface area contributed by atoms with Crippen LogP contribution in [0.2, 0.25) is 5.02 Å². The zero-order valence-corrected chi connectivity index (χ0v) is 13.2. The molecular formula is C14H18ClN3OS. The molecule has 2 aromatic rings. The molecule has 2 heterocycles. The van der Waals surface area contributed by atoms with E-state index in [0.717, 1.165) is 24.4 Å². The standard InChI is InChI=1S/C14H18ClN3OS/c1-3-16-8-12-11(15)4-5-14(18-12)19-7-6-13-10(2)17-9-20-13/h4-5,9,16H,3,6-8H2,1-2H3. The summed E-state index contributed by atoms with van der Waals surface area (Å²) >= 11 is 7.76. The van der Waals surface area contributed by atoms with Crippen molar-refractivity contribution in [1.29, 1.82) is 0 Å². The monoisotopic (exact) mass is 311 g/mol. The van der Waals surface area contributed by atoms with Crippen molar-refractivity contribution in [1.82, 2.24) is 15.3 Å². The van der Waals surface area contributed by atoms with E-state index in [9.17, 15) is 0 Å². The van der Waals surface area contributed by atoms with Crippen LogP contribution in [0.5, 0.6) is 5.88 Å². The molecule has 4 nitrogen and oxygen atoms in total. The molecule has 1 N–H and O–H groups in total. The van der Waals surface area contributed by atoms with Gasteiger partial charge in [-0.05, 0) is 19.5 Å². The quantitative estimate of drug-likeness (QED) is 0.853. The van der Waals surface area contributed by atoms with Gasteiger partial charge in [0.05, 0.1) is 28.5 Å². The molecule has 0 amide bonds. The molecule has 0 bridgehead atoms. The van der Waals surface area contributed by atoms with E-state index in [0.29, 0.717) is 24.1 Å². The van der Waals surface area contributed by atoms with Crippen molar-refractivity contribution in [3.8, 4) is 5.88 Å². The lowest BCUT2D eigenvalue weighted by molar-refractivity contribution is 0.309. The van der Waals surface area contributed by atoms with E-state index in [1.54, 1.807) is 17.4 Å². The molecule has 0 aliphatic rings. The lowest BCUT2D eigenvalue weighted by Gasteiger charge is -2.08. The van der Waals surface area contributed by atoms with Crippen molar-refractivity contribution in [2.45, 2.75) is 26.8 Å². The Balaban J connectivity index is 1.91. The van der Waals surface area contributed by atoms with Crippen molar-refractivity contribution < 1.29 is 4.74 Å². The van der Waals surface area contributed by atoms with Gasteiger partial charge >= 0.3 is 0 Å². The number of aromatic nitrogens is 2. The number of aryl methyl sites for hydroxylation is 1. The first-order chi connectivity index (χ1) is 9.70. The first-order valence-corrected chi connectivity index (χ1v) is 7.84. The van der Waals surface area contributed by atoms with E-state index in [1.165, 1.54) is 4.88 Å². The number of hydrogen-bond donors (Lipinski definition) is 1. The number of nitrogens with one attached hydrogen (secondary N) is 1. The third-order valence-electron chi connectivity index (χ3n) is 2.86. The van der Waals surface area contributed by atoms with Crippen molar-refractivity contribution in [2.75, 3.05) is 13.2 Å². The molecule has 0 saturated carbocycles. The van der Waals surface area contributed by atoms with Gasteiger partial charge in [-0.15, -0.1) is 11.3 Å². The van der Waals surface area contributed by atoms with Gasteiger partial charge in [0.25, 0.3) is 0 Å². The van der Waals surface area contributed by atoms with Gasteiger partial charge in [-0.1, -0.05) is 18.5 Å². The van der Waals surface area contributed by atoms with Crippen LogP contribution in [0.3, 0.4) is 0 Å². The number of pyridine rings is 1. The molecule has 0 fully saturated rings. The highest BCUT2D eigenvalue weighted by molar-refractivity contribution is 7.09. The van der Waals surface area contributed by atoms with Crippen molar-refractivity contribution in [3.63, 3.8) is 0 Å². The van der Waals surface area contributed by atoms with Gasteiger partial charge < -0.3 is 10.1 Å². The average molecular weight is 312 g/mol. The minimum Gasteiger partial charge on any atom is -0.477 e. The maximum atomic E-state index is 6.10. The molecule has 0 atom stereocenters. The molecule has 2 rings (SSSR count). The topological polar surface area (TPSA) is 47.0 Å². The van der Waals surface area contributed by atoms with Crippen LogP contribution >= 0.6 is 22.9 Å². The molecule has 0 spiro atoms. The summed E-state index contributed by atoms with van der Waals surface area (Å²) in [5.74, 6) is 0.615. The van der Waals surface area contributed by atoms with E-state index in [-0.39, 0.29) is 0 Å². The largest absolute Gasteiger partial charge is 0.477 e. The predicted molar refractivity (Wildman–Crippen MR) is 82.7 cm³/mol. The Kier molecular flexibility index (Phi) is 5.76. The van der Waals surface area contributed by atoms with Crippen LogP contribution in [-0.2, 0) is 13.0 Å². The Morgan fingerprint density at radius 1 is 1.40 bits per heavy atom. The number of ether oxygens (including phenoxy) is 1. The summed E-state index contributed by atoms with van der Waals surface area (Å²) in [6.45, 7) is 6.19. The Labute approximate surface area is 128 Å². The molecule has 20 heavy (non-hydrogen) atoms. The molecular weight excluding hydrogens is 294 g/mol. The van der Waals surface area contributed by atoms with E-state index >= 15 is 0 Å². The van der Waals surface area contributed by atoms with E-state index in [4.69, 9.17) is 16.3 Å². The minimum absolute atomic E-state index is 0.596. The van der Waals surface area contributed by atoms with Crippen molar-refractivity contribution >= 4 is 22.9 Å². The van der Waals surface area contributed by atoms with Gasteiger partial charge in [-0.25, -0.2) is 9.97 Å². The Morgan fingerprint density at radius 2 is 2.25 bits per heavy atom. The highest BCUT2D eigenvalue weighted by atomic mass is 35.5. The third-order valence-corrected chi connectivity index (χ3v) is 4.20. The van der Waals surface area contributed by atoms with Gasteiger partial charge in [-0.2, -0.15) is 0 Å². The average Bonchev–Trinajstić information content (AvgIpc) is 2.85. The first-order valence-electron chi connectivity index (χ1n) is 6.58. The maximum Gasteiger partial charge on any atom is 0.213 e. The van der Waals surface area contributed by atoms with Crippen LogP contribution in [0.4, 0.5) is 0 Å². The lowest BCUT2D eigenvalue weighted by Crippen LogP contribution is -2.14. The lowest BCUT2D eigenvalue weighted by atomic mass is 10.3. The van der Waals surface area contributed by atoms with Crippen molar-refractivity contribution in [3.05, 3.63) is 38.9 Å². The summed E-state index contributed by atoms with van der Waals surface area (Å²) in [6.07, 6.45) is 0.851. The Bertz CT molecular complexity index is 559. The number of halogens is 1. The minimum atomic E-state index is 0.596. The van der Waals surface area contributed by atoms with Crippen LogP contribution in [-0.4, -0.2) is 23.1 Å². The molecule has 6 heteroatoms. The normalized spacial score (nSPS) is 10.8. The first kappa shape index (κ1) is 15.2. The third kappa shape index (κ3) is 4.16. The van der Waals surface area contributed by atoms with E-state index in [1.807, 2.05) is 25.4 Å². The highest BCUT2D eigenvalue weighted by Gasteiger charge is 2.06. The van der Waals surface area contributed by atoms with E-state index < -0.39 is 0 Å². The summed E-state index contributed by atoms with van der Waals surface area (Å²) in [5.41, 5.74) is 3.76. The van der Waals surface area contributed by atoms with Gasteiger partial charge in [0.15, 0.2) is 0 Å². The Morgan fingerprint density at radius 3 is 2.95 bits per heavy atom. The van der Waals surface area contributed by atoms with Gasteiger partial charge in [0.1, 0.15) is 0 Å². The summed E-state index contributed by atoms with van der Waals surface area (Å²) in [7, 11) is 0. The molecule has 0 aliphatic heterocycles. The van der Waals surface area contributed by atoms with Gasteiger partial charge in [0.2, 0.25) is 5.88 Å². The smallest absolute Gasteiger partial charge is 0.213 e. The van der Waals surface area contributed by atoms with Crippen LogP contribution in [0.15, 0.2) is 17.6 Å². The van der Waals surface area contributed by atoms with Crippen LogP contribution in [0.1, 0.15) is 23.2 Å². The van der Waals surface area contributed by atoms with Crippen LogP contribution < -0.4 is 10.1 Å². The highest BCUT2D eigenvalue weighted by Crippen LogP contribution is 2.19. The van der Waals surface area contributed by atoms with Crippen LogP contribution in [0, 0.1) is 6.92 Å². The second-order valence-electron chi connectivity index (χ2n) is 4.32. The number of thiazole rings is 1. The summed E-state index contributed by atoms with van der Waals surface area (Å²) < 4.78 is 5.69. The molecule has 0 aromatic carbocycles. The summed E-state index contributed by atoms with van der Waals surface area (Å²) in [5, 5.41) is 3.87. The van der Waals surface area contributed by atoms with Gasteiger partial charge in [-0.3, -0.25) is 0 Å². The fourth-order valence-electron chi connectivity index (χ4n) is 1.73.